The Balaban J connectivity index is 0.928. The summed E-state index contributed by atoms with van der Waals surface area (Å²) in [6, 6.07) is 17.7. The van der Waals surface area contributed by atoms with Crippen LogP contribution in [0.5, 0.6) is 0 Å². The van der Waals surface area contributed by atoms with Gasteiger partial charge in [-0.05, 0) is 56.5 Å². The predicted octanol–water partition coefficient (Wildman–Crippen LogP) is 2.68. The lowest BCUT2D eigenvalue weighted by atomic mass is 9.99. The van der Waals surface area contributed by atoms with Gasteiger partial charge in [0.1, 0.15) is 30.4 Å². The normalized spacial score (nSPS) is 20.8. The van der Waals surface area contributed by atoms with Crippen molar-refractivity contribution in [3.8, 4) is 11.1 Å². The van der Waals surface area contributed by atoms with E-state index in [0.29, 0.717) is 30.1 Å². The van der Waals surface area contributed by atoms with Crippen LogP contribution in [0.15, 0.2) is 73.2 Å². The smallest absolute Gasteiger partial charge is 0.277 e. The highest BCUT2D eigenvalue weighted by Crippen LogP contribution is 2.31. The molecule has 8 rings (SSSR count). The van der Waals surface area contributed by atoms with E-state index >= 15 is 0 Å². The average molecular weight is 766 g/mol. The van der Waals surface area contributed by atoms with E-state index in [-0.39, 0.29) is 31.6 Å². The molecule has 2 aliphatic heterocycles. The fraction of sp³-hybridized carbons (Fsp3) is 0.425. The van der Waals surface area contributed by atoms with Crippen molar-refractivity contribution in [3.05, 3.63) is 84.6 Å². The topological polar surface area (TPSA) is 197 Å². The highest BCUT2D eigenvalue weighted by molar-refractivity contribution is 5.84. The van der Waals surface area contributed by atoms with E-state index in [1.54, 1.807) is 12.3 Å². The predicted molar refractivity (Wildman–Crippen MR) is 208 cm³/mol. The van der Waals surface area contributed by atoms with Crippen molar-refractivity contribution in [2.75, 3.05) is 36.9 Å². The van der Waals surface area contributed by atoms with Crippen LogP contribution in [0.3, 0.4) is 0 Å². The molecule has 6 N–H and O–H groups in total. The largest absolute Gasteiger partial charge is 0.389 e. The number of piperidine rings is 1. The second kappa shape index (κ2) is 16.1. The quantitative estimate of drug-likeness (QED) is 0.0857. The summed E-state index contributed by atoms with van der Waals surface area (Å²) in [7, 11) is 0. The first-order valence-corrected chi connectivity index (χ1v) is 19.3. The number of anilines is 2. The Bertz CT molecular complexity index is 2280. The Morgan fingerprint density at radius 1 is 1.09 bits per heavy atom. The van der Waals surface area contributed by atoms with Crippen LogP contribution in [-0.2, 0) is 33.9 Å². The number of β-amino-alcohol motifs (C(OH)–C–C–N with tert-alkyl or cyclic N) is 1. The number of aryl methyl sites for hydroxylation is 2. The van der Waals surface area contributed by atoms with Crippen LogP contribution in [0.1, 0.15) is 50.4 Å². The van der Waals surface area contributed by atoms with Crippen LogP contribution < -0.4 is 15.2 Å². The number of nitrogen functional groups attached to an aromatic ring is 1. The second-order valence-corrected chi connectivity index (χ2v) is 14.5. The lowest BCUT2D eigenvalue weighted by Gasteiger charge is -2.39. The first kappa shape index (κ1) is 37.7. The van der Waals surface area contributed by atoms with Gasteiger partial charge in [-0.1, -0.05) is 30.3 Å². The van der Waals surface area contributed by atoms with Crippen molar-refractivity contribution >= 4 is 40.2 Å². The number of aromatic amines is 1. The number of H-pyrrole nitrogens is 1. The van der Waals surface area contributed by atoms with Crippen LogP contribution in [-0.4, -0.2) is 107 Å². The van der Waals surface area contributed by atoms with Crippen LogP contribution in [0.25, 0.3) is 33.3 Å². The van der Waals surface area contributed by atoms with E-state index in [2.05, 4.69) is 67.2 Å². The maximum Gasteiger partial charge on any atom is 0.277 e. The first-order chi connectivity index (χ1) is 27.3. The zero-order chi connectivity index (χ0) is 38.9. The molecule has 16 heteroatoms. The van der Waals surface area contributed by atoms with Crippen molar-refractivity contribution in [2.45, 2.75) is 83.1 Å². The third-order valence-electron chi connectivity index (χ3n) is 11.1. The molecule has 4 aromatic heterocycles. The summed E-state index contributed by atoms with van der Waals surface area (Å²) in [6.07, 6.45) is 2.99. The van der Waals surface area contributed by atoms with Gasteiger partial charge in [-0.25, -0.2) is 19.1 Å². The molecule has 2 saturated heterocycles. The molecule has 2 fully saturated rings. The van der Waals surface area contributed by atoms with E-state index in [1.807, 2.05) is 41.2 Å². The van der Waals surface area contributed by atoms with Gasteiger partial charge in [-0.3, -0.25) is 14.4 Å². The van der Waals surface area contributed by atoms with E-state index < -0.39 is 30.7 Å². The molecule has 0 saturated carbocycles. The van der Waals surface area contributed by atoms with Gasteiger partial charge in [0.2, 0.25) is 6.41 Å². The fourth-order valence-electron chi connectivity index (χ4n) is 8.14. The summed E-state index contributed by atoms with van der Waals surface area (Å²) in [5, 5.41) is 37.4. The van der Waals surface area contributed by atoms with Crippen molar-refractivity contribution in [3.63, 3.8) is 0 Å². The van der Waals surface area contributed by atoms with Crippen molar-refractivity contribution < 1.29 is 34.2 Å². The minimum atomic E-state index is -1.28. The molecule has 0 aliphatic carbocycles. The number of amides is 1. The molecule has 2 aromatic carbocycles. The molecule has 56 heavy (non-hydrogen) atoms. The van der Waals surface area contributed by atoms with Crippen LogP contribution in [0, 0.1) is 0 Å². The Labute approximate surface area is 323 Å². The Hall–Kier alpha value is -5.23. The van der Waals surface area contributed by atoms with E-state index in [9.17, 15) is 20.1 Å². The average Bonchev–Trinajstić information content (AvgIpc) is 3.97. The minimum Gasteiger partial charge on any atom is -0.389 e. The highest BCUT2D eigenvalue weighted by Gasteiger charge is 2.40. The number of nitrogens with zero attached hydrogens (tertiary/aromatic N) is 8. The highest BCUT2D eigenvalue weighted by atomic mass is 16.7. The molecular formula is C40H49N10O6+. The molecular weight excluding hydrogens is 717 g/mol. The lowest BCUT2D eigenvalue weighted by Crippen LogP contribution is -2.54. The number of benzene rings is 2. The van der Waals surface area contributed by atoms with Crippen LogP contribution >= 0.6 is 0 Å². The number of nitrogens with two attached hydrogens (primary N) is 1. The fourth-order valence-corrected chi connectivity index (χ4v) is 8.14. The number of likely N-dealkylation sites (tertiary alicyclic amines) is 1. The monoisotopic (exact) mass is 765 g/mol. The standard InChI is InChI=1S/C40H49N10O6/c1-3-48-30-11-10-26(18-31(30)49(4-2)34(48)22-47(24-51)39-37(41)45-38-29(44-39)12-15-42-38)27-19-43-50(20-27)28-13-16-46(17-14-28)21-32(52)35(54)36-33(53)23-55-40(56-36)25-8-6-5-7-9-25/h5-12,15,18-20,24,28,32-33,35-36,40,52-54H,3-4,13-14,16-17,21-23H2,1-2H3,(H3,41,42,45)/q+1/t32-,33+,35+,36+,40?/m0/s1. The number of carbonyl (C=O) groups is 1. The summed E-state index contributed by atoms with van der Waals surface area (Å²) in [5.74, 6) is 1.43. The molecule has 294 valence electrons. The van der Waals surface area contributed by atoms with Crippen LogP contribution in [0.2, 0.25) is 0 Å². The minimum absolute atomic E-state index is 0.00298. The van der Waals surface area contributed by atoms with Gasteiger partial charge in [0.15, 0.2) is 34.6 Å². The molecule has 0 radical (unpaired) electrons. The molecule has 1 unspecified atom stereocenters. The van der Waals surface area contributed by atoms with Gasteiger partial charge < -0.3 is 40.4 Å². The summed E-state index contributed by atoms with van der Waals surface area (Å²) in [5.41, 5.74) is 12.4. The number of carbonyl (C=O) groups excluding carboxylic acids is 1. The number of aromatic nitrogens is 7. The third kappa shape index (κ3) is 7.26. The zero-order valence-electron chi connectivity index (χ0n) is 31.6. The van der Waals surface area contributed by atoms with Gasteiger partial charge >= 0.3 is 0 Å². The van der Waals surface area contributed by atoms with E-state index in [0.717, 1.165) is 65.9 Å². The number of hydrogen-bond donors (Lipinski definition) is 5. The summed E-state index contributed by atoms with van der Waals surface area (Å²) in [6.45, 7) is 7.53. The maximum absolute atomic E-state index is 12.5. The number of imidazole rings is 1. The summed E-state index contributed by atoms with van der Waals surface area (Å²) >= 11 is 0. The lowest BCUT2D eigenvalue weighted by molar-refractivity contribution is -0.676. The Morgan fingerprint density at radius 2 is 1.89 bits per heavy atom. The molecule has 1 amide bonds. The number of rotatable bonds is 13. The Kier molecular flexibility index (Phi) is 10.8. The van der Waals surface area contributed by atoms with E-state index in [1.165, 1.54) is 4.90 Å². The molecule has 6 heterocycles. The number of ether oxygens (including phenoxy) is 2. The third-order valence-corrected chi connectivity index (χ3v) is 11.1. The van der Waals surface area contributed by atoms with Gasteiger partial charge in [0.25, 0.3) is 5.82 Å². The number of aliphatic hydroxyl groups is 3. The van der Waals surface area contributed by atoms with Gasteiger partial charge in [-0.2, -0.15) is 5.10 Å². The summed E-state index contributed by atoms with van der Waals surface area (Å²) < 4.78 is 18.0. The zero-order valence-corrected chi connectivity index (χ0v) is 31.6. The number of nitrogens with one attached hydrogen (secondary N) is 1. The molecule has 0 spiro atoms. The first-order valence-electron chi connectivity index (χ1n) is 19.3. The Morgan fingerprint density at radius 3 is 2.64 bits per heavy atom. The molecule has 16 nitrogen and oxygen atoms in total. The molecule has 5 atom stereocenters. The maximum atomic E-state index is 12.5. The SMILES string of the molecule is CCn1c(CN(C=O)c2nc3cc[nH]c3nc2N)[n+](CC)c2ccc(-c3cnn(C4CCN(C[C@H](O)[C@@H](O)[C@@H]5OC(c6ccccc6)OC[C@H]5O)CC4)c3)cc21. The number of aliphatic hydroxyl groups excluding tert-OH is 3. The molecule has 2 aliphatic rings. The van der Waals surface area contributed by atoms with E-state index in [4.69, 9.17) is 20.3 Å². The van der Waals surface area contributed by atoms with Crippen molar-refractivity contribution in [1.29, 1.82) is 0 Å². The second-order valence-electron chi connectivity index (χ2n) is 14.5. The molecule has 6 aromatic rings. The van der Waals surface area contributed by atoms with Crippen molar-refractivity contribution in [2.24, 2.45) is 0 Å². The van der Waals surface area contributed by atoms with Gasteiger partial charge in [0.05, 0.1) is 38.0 Å². The molecule has 0 bridgehead atoms. The van der Waals surface area contributed by atoms with Gasteiger partial charge in [0, 0.05) is 43.2 Å². The van der Waals surface area contributed by atoms with Gasteiger partial charge in [-0.15, -0.1) is 0 Å². The van der Waals surface area contributed by atoms with Crippen molar-refractivity contribution in [1.82, 2.24) is 34.2 Å². The van der Waals surface area contributed by atoms with Crippen LogP contribution in [0.4, 0.5) is 11.6 Å². The number of fused-ring (bicyclic) bond motifs is 2. The number of hydrogen-bond acceptors (Lipinski definition) is 11. The summed E-state index contributed by atoms with van der Waals surface area (Å²) in [4.78, 5) is 28.1.